The number of amides is 1. The minimum absolute atomic E-state index is 0.0515. The number of ether oxygens (including phenoxy) is 1. The molecule has 1 amide bonds. The third-order valence-electron chi connectivity index (χ3n) is 5.66. The molecule has 2 aromatic carbocycles. The molecule has 0 radical (unpaired) electrons. The van der Waals surface area contributed by atoms with E-state index in [1.807, 2.05) is 0 Å². The number of aryl methyl sites for hydroxylation is 1. The van der Waals surface area contributed by atoms with Gasteiger partial charge in [0.2, 0.25) is 10.0 Å². The number of esters is 1. The number of nitrogens with zero attached hydrogens (tertiary/aromatic N) is 1. The Morgan fingerprint density at radius 1 is 1.16 bits per heavy atom. The summed E-state index contributed by atoms with van der Waals surface area (Å²) < 4.78 is 46.2. The van der Waals surface area contributed by atoms with Gasteiger partial charge in [-0.25, -0.2) is 17.6 Å². The first-order valence-corrected chi connectivity index (χ1v) is 11.9. The van der Waals surface area contributed by atoms with Crippen LogP contribution in [0.15, 0.2) is 41.3 Å². The molecule has 1 saturated heterocycles. The second kappa shape index (κ2) is 9.79. The van der Waals surface area contributed by atoms with Crippen LogP contribution in [0.1, 0.15) is 41.3 Å². The number of carbonyl (C=O) groups is 2. The Bertz CT molecular complexity index is 1130. The van der Waals surface area contributed by atoms with E-state index in [1.165, 1.54) is 28.6 Å². The molecule has 9 heteroatoms. The molecule has 2 aromatic rings. The van der Waals surface area contributed by atoms with E-state index in [2.05, 4.69) is 12.2 Å². The van der Waals surface area contributed by atoms with Gasteiger partial charge in [0.25, 0.3) is 5.91 Å². The molecule has 0 saturated carbocycles. The minimum Gasteiger partial charge on any atom is -0.452 e. The predicted octanol–water partition coefficient (Wildman–Crippen LogP) is 3.66. The van der Waals surface area contributed by atoms with E-state index in [1.54, 1.807) is 19.9 Å². The standard InChI is InChI=1S/C23H27FN2O5S/c1-15-7-9-26(10-8-15)32(29,30)21-12-18(11-16(2)17(21)3)23(28)31-14-22(27)25-20-6-4-5-19(24)13-20/h4-6,11-13,15H,7-10,14H2,1-3H3,(H,25,27). The van der Waals surface area contributed by atoms with E-state index < -0.39 is 34.3 Å². The fourth-order valence-corrected chi connectivity index (χ4v) is 5.35. The SMILES string of the molecule is Cc1cc(C(=O)OCC(=O)Nc2cccc(F)c2)cc(S(=O)(=O)N2CCC(C)CC2)c1C. The van der Waals surface area contributed by atoms with Gasteiger partial charge in [-0.1, -0.05) is 13.0 Å². The van der Waals surface area contributed by atoms with Crippen LogP contribution in [0.5, 0.6) is 0 Å². The Balaban J connectivity index is 1.73. The summed E-state index contributed by atoms with van der Waals surface area (Å²) >= 11 is 0. The Morgan fingerprint density at radius 3 is 2.50 bits per heavy atom. The number of piperidine rings is 1. The van der Waals surface area contributed by atoms with Gasteiger partial charge in [0.15, 0.2) is 6.61 Å². The van der Waals surface area contributed by atoms with Crippen molar-refractivity contribution in [2.45, 2.75) is 38.5 Å². The number of anilines is 1. The summed E-state index contributed by atoms with van der Waals surface area (Å²) in [5.74, 6) is -1.48. The van der Waals surface area contributed by atoms with E-state index in [4.69, 9.17) is 4.74 Å². The van der Waals surface area contributed by atoms with Crippen LogP contribution >= 0.6 is 0 Å². The average Bonchev–Trinajstić information content (AvgIpc) is 2.74. The fraction of sp³-hybridized carbons (Fsp3) is 0.391. The maximum absolute atomic E-state index is 13.2. The molecule has 0 bridgehead atoms. The molecule has 172 valence electrons. The second-order valence-electron chi connectivity index (χ2n) is 8.14. The van der Waals surface area contributed by atoms with E-state index in [9.17, 15) is 22.4 Å². The maximum Gasteiger partial charge on any atom is 0.338 e. The number of nitrogens with one attached hydrogen (secondary N) is 1. The van der Waals surface area contributed by atoms with Gasteiger partial charge in [-0.3, -0.25) is 4.79 Å². The molecule has 0 unspecified atom stereocenters. The fourth-order valence-electron chi connectivity index (χ4n) is 3.55. The van der Waals surface area contributed by atoms with Crippen LogP contribution in [0.3, 0.4) is 0 Å². The van der Waals surface area contributed by atoms with Gasteiger partial charge < -0.3 is 10.1 Å². The lowest BCUT2D eigenvalue weighted by molar-refractivity contribution is -0.119. The summed E-state index contributed by atoms with van der Waals surface area (Å²) in [6.07, 6.45) is 1.58. The van der Waals surface area contributed by atoms with Crippen LogP contribution in [0.2, 0.25) is 0 Å². The quantitative estimate of drug-likeness (QED) is 0.662. The normalized spacial score (nSPS) is 15.4. The topological polar surface area (TPSA) is 92.8 Å². The lowest BCUT2D eigenvalue weighted by Crippen LogP contribution is -2.38. The van der Waals surface area contributed by atoms with Crippen LogP contribution in [0.25, 0.3) is 0 Å². The zero-order valence-corrected chi connectivity index (χ0v) is 19.2. The van der Waals surface area contributed by atoms with Gasteiger partial charge in [-0.2, -0.15) is 4.31 Å². The van der Waals surface area contributed by atoms with Crippen molar-refractivity contribution < 1.29 is 27.1 Å². The smallest absolute Gasteiger partial charge is 0.338 e. The number of hydrogen-bond acceptors (Lipinski definition) is 5. The average molecular weight is 463 g/mol. The largest absolute Gasteiger partial charge is 0.452 e. The van der Waals surface area contributed by atoms with Crippen LogP contribution in [-0.2, 0) is 19.6 Å². The van der Waals surface area contributed by atoms with Gasteiger partial charge in [0.1, 0.15) is 5.82 Å². The third kappa shape index (κ3) is 5.52. The molecule has 7 nitrogen and oxygen atoms in total. The lowest BCUT2D eigenvalue weighted by Gasteiger charge is -2.30. The summed E-state index contributed by atoms with van der Waals surface area (Å²) in [6.45, 7) is 5.82. The summed E-state index contributed by atoms with van der Waals surface area (Å²) in [4.78, 5) is 24.6. The molecular formula is C23H27FN2O5S. The van der Waals surface area contributed by atoms with Crippen molar-refractivity contribution >= 4 is 27.6 Å². The molecule has 1 fully saturated rings. The molecule has 1 aliphatic heterocycles. The number of halogens is 1. The van der Waals surface area contributed by atoms with Crippen LogP contribution in [-0.4, -0.2) is 44.3 Å². The highest BCUT2D eigenvalue weighted by Gasteiger charge is 2.30. The van der Waals surface area contributed by atoms with E-state index in [-0.39, 0.29) is 16.1 Å². The molecule has 0 spiro atoms. The molecule has 1 aliphatic rings. The van der Waals surface area contributed by atoms with Crippen molar-refractivity contribution in [3.05, 3.63) is 58.9 Å². The van der Waals surface area contributed by atoms with Gasteiger partial charge in [-0.05, 0) is 74.1 Å². The molecule has 1 heterocycles. The third-order valence-corrected chi connectivity index (χ3v) is 7.68. The van der Waals surface area contributed by atoms with Crippen molar-refractivity contribution in [2.75, 3.05) is 25.0 Å². The van der Waals surface area contributed by atoms with Crippen molar-refractivity contribution in [3.8, 4) is 0 Å². The molecule has 32 heavy (non-hydrogen) atoms. The summed E-state index contributed by atoms with van der Waals surface area (Å²) in [6, 6.07) is 8.18. The first-order chi connectivity index (χ1) is 15.1. The molecular weight excluding hydrogens is 435 g/mol. The van der Waals surface area contributed by atoms with Gasteiger partial charge in [0.05, 0.1) is 10.5 Å². The van der Waals surface area contributed by atoms with Crippen molar-refractivity contribution in [2.24, 2.45) is 5.92 Å². The highest BCUT2D eigenvalue weighted by Crippen LogP contribution is 2.28. The predicted molar refractivity (Wildman–Crippen MR) is 118 cm³/mol. The maximum atomic E-state index is 13.2. The van der Waals surface area contributed by atoms with E-state index >= 15 is 0 Å². The Kier molecular flexibility index (Phi) is 7.30. The van der Waals surface area contributed by atoms with Crippen molar-refractivity contribution in [1.29, 1.82) is 0 Å². The molecule has 3 rings (SSSR count). The zero-order valence-electron chi connectivity index (χ0n) is 18.4. The van der Waals surface area contributed by atoms with Gasteiger partial charge >= 0.3 is 5.97 Å². The summed E-state index contributed by atoms with van der Waals surface area (Å²) in [7, 11) is -3.76. The monoisotopic (exact) mass is 462 g/mol. The zero-order chi connectivity index (χ0) is 23.5. The number of rotatable bonds is 6. The molecule has 0 aromatic heterocycles. The highest BCUT2D eigenvalue weighted by atomic mass is 32.2. The van der Waals surface area contributed by atoms with Crippen LogP contribution < -0.4 is 5.32 Å². The number of sulfonamides is 1. The van der Waals surface area contributed by atoms with E-state index in [0.717, 1.165) is 18.9 Å². The number of carbonyl (C=O) groups excluding carboxylic acids is 2. The lowest BCUT2D eigenvalue weighted by atomic mass is 10.0. The minimum atomic E-state index is -3.76. The van der Waals surface area contributed by atoms with Crippen LogP contribution in [0, 0.1) is 25.6 Å². The Labute approximate surface area is 187 Å². The summed E-state index contributed by atoms with van der Waals surface area (Å²) in [5, 5.41) is 2.43. The Morgan fingerprint density at radius 2 is 1.84 bits per heavy atom. The Hall–Kier alpha value is -2.78. The van der Waals surface area contributed by atoms with Gasteiger partial charge in [0, 0.05) is 18.8 Å². The molecule has 0 atom stereocenters. The molecule has 1 N–H and O–H groups in total. The second-order valence-corrected chi connectivity index (χ2v) is 10.0. The summed E-state index contributed by atoms with van der Waals surface area (Å²) in [5.41, 5.74) is 1.49. The number of benzene rings is 2. The first kappa shape index (κ1) is 23.9. The molecule has 0 aliphatic carbocycles. The van der Waals surface area contributed by atoms with E-state index in [0.29, 0.717) is 30.1 Å². The highest BCUT2D eigenvalue weighted by molar-refractivity contribution is 7.89. The van der Waals surface area contributed by atoms with Gasteiger partial charge in [-0.15, -0.1) is 0 Å². The van der Waals surface area contributed by atoms with Crippen molar-refractivity contribution in [1.82, 2.24) is 4.31 Å². The number of hydrogen-bond donors (Lipinski definition) is 1. The van der Waals surface area contributed by atoms with Crippen LogP contribution in [0.4, 0.5) is 10.1 Å². The first-order valence-electron chi connectivity index (χ1n) is 10.4. The van der Waals surface area contributed by atoms with Crippen molar-refractivity contribution in [3.63, 3.8) is 0 Å².